The van der Waals surface area contributed by atoms with Crippen LogP contribution in [0.3, 0.4) is 0 Å². The van der Waals surface area contributed by atoms with Crippen LogP contribution in [0.25, 0.3) is 0 Å². The number of anilines is 1. The minimum atomic E-state index is -0.419. The summed E-state index contributed by atoms with van der Waals surface area (Å²) < 4.78 is 0.765. The number of nitrogens with one attached hydrogen (secondary N) is 1. The van der Waals surface area contributed by atoms with Crippen molar-refractivity contribution in [1.29, 1.82) is 5.26 Å². The van der Waals surface area contributed by atoms with Crippen LogP contribution >= 0.6 is 27.5 Å². The van der Waals surface area contributed by atoms with E-state index in [1.54, 1.807) is 24.3 Å². The van der Waals surface area contributed by atoms with Crippen LogP contribution in [0.2, 0.25) is 5.02 Å². The van der Waals surface area contributed by atoms with Crippen molar-refractivity contribution in [3.05, 3.63) is 57.3 Å². The maximum absolute atomic E-state index is 12.0. The fraction of sp³-hybridized carbons (Fsp3) is 0. The van der Waals surface area contributed by atoms with Crippen LogP contribution < -0.4 is 5.32 Å². The van der Waals surface area contributed by atoms with Gasteiger partial charge in [0.15, 0.2) is 0 Å². The Hall–Kier alpha value is -1.90. The highest BCUT2D eigenvalue weighted by atomic mass is 79.9. The summed E-state index contributed by atoms with van der Waals surface area (Å²) >= 11 is 9.08. The predicted octanol–water partition coefficient (Wildman–Crippen LogP) is 3.62. The third-order valence-corrected chi connectivity index (χ3v) is 3.03. The third kappa shape index (κ3) is 3.31. The first-order valence-corrected chi connectivity index (χ1v) is 6.40. The Balaban J connectivity index is 2.29. The highest BCUT2D eigenvalue weighted by molar-refractivity contribution is 9.10. The third-order valence-electron chi connectivity index (χ3n) is 2.30. The molecule has 0 atom stereocenters. The van der Waals surface area contributed by atoms with Gasteiger partial charge in [-0.1, -0.05) is 27.5 Å². The average molecular weight is 337 g/mol. The van der Waals surface area contributed by atoms with Gasteiger partial charge in [-0.2, -0.15) is 5.26 Å². The normalized spacial score (nSPS) is 9.74. The van der Waals surface area contributed by atoms with Crippen molar-refractivity contribution in [2.75, 3.05) is 5.32 Å². The van der Waals surface area contributed by atoms with Crippen LogP contribution in [-0.2, 0) is 0 Å². The summed E-state index contributed by atoms with van der Waals surface area (Å²) in [5, 5.41) is 12.0. The van der Waals surface area contributed by atoms with Gasteiger partial charge in [-0.3, -0.25) is 9.78 Å². The van der Waals surface area contributed by atoms with Crippen LogP contribution in [0.15, 0.2) is 41.0 Å². The first-order chi connectivity index (χ1) is 9.10. The van der Waals surface area contributed by atoms with E-state index >= 15 is 0 Å². The first kappa shape index (κ1) is 13.5. The van der Waals surface area contributed by atoms with Gasteiger partial charge in [0.1, 0.15) is 11.8 Å². The van der Waals surface area contributed by atoms with Crippen molar-refractivity contribution in [1.82, 2.24) is 4.98 Å². The second-order valence-electron chi connectivity index (χ2n) is 3.62. The molecular weight excluding hydrogens is 330 g/mol. The molecule has 0 fully saturated rings. The van der Waals surface area contributed by atoms with Crippen LogP contribution in [0.4, 0.5) is 5.69 Å². The largest absolute Gasteiger partial charge is 0.319 e. The van der Waals surface area contributed by atoms with Gasteiger partial charge in [0, 0.05) is 15.7 Å². The molecule has 0 bridgehead atoms. The van der Waals surface area contributed by atoms with Gasteiger partial charge >= 0.3 is 0 Å². The number of pyridine rings is 1. The SMILES string of the molecule is N#Cc1ccc(Br)cc1NC(=O)c1cc(Cl)ccn1. The zero-order valence-electron chi connectivity index (χ0n) is 9.52. The van der Waals surface area contributed by atoms with Crippen molar-refractivity contribution in [2.24, 2.45) is 0 Å². The Morgan fingerprint density at radius 1 is 1.37 bits per heavy atom. The molecule has 1 N–H and O–H groups in total. The van der Waals surface area contributed by atoms with Crippen LogP contribution in [0.5, 0.6) is 0 Å². The number of carbonyl (C=O) groups is 1. The van der Waals surface area contributed by atoms with E-state index in [-0.39, 0.29) is 5.69 Å². The zero-order valence-corrected chi connectivity index (χ0v) is 11.9. The molecule has 1 amide bonds. The van der Waals surface area contributed by atoms with Crippen molar-refractivity contribution in [2.45, 2.75) is 0 Å². The monoisotopic (exact) mass is 335 g/mol. The Labute approximate surface area is 123 Å². The van der Waals surface area contributed by atoms with Gasteiger partial charge in [-0.15, -0.1) is 0 Å². The minimum absolute atomic E-state index is 0.191. The van der Waals surface area contributed by atoms with E-state index in [1.165, 1.54) is 12.3 Å². The molecule has 0 aliphatic carbocycles. The van der Waals surface area contributed by atoms with Crippen molar-refractivity contribution >= 4 is 39.1 Å². The zero-order chi connectivity index (χ0) is 13.8. The second-order valence-corrected chi connectivity index (χ2v) is 4.97. The van der Waals surface area contributed by atoms with Crippen molar-refractivity contribution in [3.8, 4) is 6.07 Å². The van der Waals surface area contributed by atoms with Crippen LogP contribution in [0.1, 0.15) is 16.1 Å². The summed E-state index contributed by atoms with van der Waals surface area (Å²) in [7, 11) is 0. The number of rotatable bonds is 2. The topological polar surface area (TPSA) is 65.8 Å². The molecule has 0 aliphatic rings. The molecule has 1 heterocycles. The highest BCUT2D eigenvalue weighted by Crippen LogP contribution is 2.21. The average Bonchev–Trinajstić information content (AvgIpc) is 2.39. The molecule has 4 nitrogen and oxygen atoms in total. The number of benzene rings is 1. The van der Waals surface area contributed by atoms with Crippen LogP contribution in [0, 0.1) is 11.3 Å². The summed E-state index contributed by atoms with van der Waals surface area (Å²) in [6.45, 7) is 0. The molecular formula is C13H7BrClN3O. The fourth-order valence-corrected chi connectivity index (χ4v) is 1.95. The van der Waals surface area contributed by atoms with E-state index < -0.39 is 5.91 Å². The van der Waals surface area contributed by atoms with E-state index in [9.17, 15) is 4.79 Å². The number of aromatic nitrogens is 1. The Kier molecular flexibility index (Phi) is 4.15. The minimum Gasteiger partial charge on any atom is -0.319 e. The second kappa shape index (κ2) is 5.83. The summed E-state index contributed by atoms with van der Waals surface area (Å²) in [5.41, 5.74) is 0.985. The highest BCUT2D eigenvalue weighted by Gasteiger charge is 2.11. The quantitative estimate of drug-likeness (QED) is 0.911. The predicted molar refractivity (Wildman–Crippen MR) is 76.1 cm³/mol. The Morgan fingerprint density at radius 2 is 2.16 bits per heavy atom. The van der Waals surface area contributed by atoms with E-state index in [0.29, 0.717) is 16.3 Å². The van der Waals surface area contributed by atoms with E-state index in [1.807, 2.05) is 6.07 Å². The number of hydrogen-bond acceptors (Lipinski definition) is 3. The van der Waals surface area contributed by atoms with Gasteiger partial charge in [-0.05, 0) is 30.3 Å². The van der Waals surface area contributed by atoms with Gasteiger partial charge in [0.05, 0.1) is 11.3 Å². The molecule has 1 aromatic carbocycles. The molecule has 1 aromatic heterocycles. The van der Waals surface area contributed by atoms with E-state index in [0.717, 1.165) is 4.47 Å². The molecule has 0 radical (unpaired) electrons. The summed E-state index contributed by atoms with van der Waals surface area (Å²) in [4.78, 5) is 15.9. The molecule has 0 spiro atoms. The number of nitrogens with zero attached hydrogens (tertiary/aromatic N) is 2. The lowest BCUT2D eigenvalue weighted by molar-refractivity contribution is 0.102. The van der Waals surface area contributed by atoms with Gasteiger partial charge in [0.2, 0.25) is 0 Å². The molecule has 2 rings (SSSR count). The molecule has 0 unspecified atom stereocenters. The summed E-state index contributed by atoms with van der Waals surface area (Å²) in [6, 6.07) is 10.0. The first-order valence-electron chi connectivity index (χ1n) is 5.22. The Bertz CT molecular complexity index is 682. The molecule has 0 aliphatic heterocycles. The van der Waals surface area contributed by atoms with Gasteiger partial charge in [0.25, 0.3) is 5.91 Å². The molecule has 94 valence electrons. The summed E-state index contributed by atoms with van der Waals surface area (Å²) in [5.74, 6) is -0.419. The Morgan fingerprint density at radius 3 is 2.84 bits per heavy atom. The van der Waals surface area contributed by atoms with Gasteiger partial charge < -0.3 is 5.32 Å². The molecule has 19 heavy (non-hydrogen) atoms. The molecule has 2 aromatic rings. The van der Waals surface area contributed by atoms with E-state index in [2.05, 4.69) is 26.2 Å². The number of carbonyl (C=O) groups excluding carboxylic acids is 1. The number of amides is 1. The molecule has 0 saturated carbocycles. The number of halogens is 2. The lowest BCUT2D eigenvalue weighted by atomic mass is 10.2. The molecule has 6 heteroatoms. The lowest BCUT2D eigenvalue weighted by Crippen LogP contribution is -2.14. The van der Waals surface area contributed by atoms with E-state index in [4.69, 9.17) is 16.9 Å². The van der Waals surface area contributed by atoms with Crippen molar-refractivity contribution < 1.29 is 4.79 Å². The lowest BCUT2D eigenvalue weighted by Gasteiger charge is -2.07. The fourth-order valence-electron chi connectivity index (χ4n) is 1.43. The maximum Gasteiger partial charge on any atom is 0.274 e. The summed E-state index contributed by atoms with van der Waals surface area (Å²) in [6.07, 6.45) is 1.45. The van der Waals surface area contributed by atoms with Gasteiger partial charge in [-0.25, -0.2) is 0 Å². The molecule has 0 saturated heterocycles. The standard InChI is InChI=1S/C13H7BrClN3O/c14-9-2-1-8(7-16)11(5-9)18-13(19)12-6-10(15)3-4-17-12/h1-6H,(H,18,19). The maximum atomic E-state index is 12.0. The number of nitriles is 1. The van der Waals surface area contributed by atoms with Crippen LogP contribution in [-0.4, -0.2) is 10.9 Å². The number of hydrogen-bond donors (Lipinski definition) is 1. The smallest absolute Gasteiger partial charge is 0.274 e. The van der Waals surface area contributed by atoms with Crippen molar-refractivity contribution in [3.63, 3.8) is 0 Å².